The lowest BCUT2D eigenvalue weighted by Gasteiger charge is -2.63. The van der Waals surface area contributed by atoms with Gasteiger partial charge in [0.05, 0.1) is 6.10 Å². The second kappa shape index (κ2) is 7.59. The first-order chi connectivity index (χ1) is 14.3. The molecule has 4 aliphatic rings. The number of alkyl halides is 4. The van der Waals surface area contributed by atoms with Crippen LogP contribution in [0, 0.1) is 52.3 Å². The van der Waals surface area contributed by atoms with Gasteiger partial charge in [-0.05, 0) is 85.4 Å². The van der Waals surface area contributed by atoms with Gasteiger partial charge in [0.2, 0.25) is 0 Å². The second-order valence-corrected chi connectivity index (χ2v) is 11.6. The SMILES string of the molecule is C[C@H]([C@H](C(=O)O)C(F)F)[C@H]1CCC2C3C(CC[C@@]21C)[C@@]1(C)CC[C@@H](O)C[C@H]1CC3(F)F. The molecular formula is C24H36F4O3. The van der Waals surface area contributed by atoms with E-state index in [2.05, 4.69) is 6.92 Å². The molecule has 4 aliphatic carbocycles. The van der Waals surface area contributed by atoms with Crippen molar-refractivity contribution in [2.24, 2.45) is 52.3 Å². The van der Waals surface area contributed by atoms with E-state index in [1.165, 1.54) is 0 Å². The lowest BCUT2D eigenvalue weighted by molar-refractivity contribution is -0.239. The van der Waals surface area contributed by atoms with Crippen molar-refractivity contribution in [3.63, 3.8) is 0 Å². The number of carboxylic acids is 1. The van der Waals surface area contributed by atoms with Gasteiger partial charge in [-0.2, -0.15) is 0 Å². The van der Waals surface area contributed by atoms with E-state index in [4.69, 9.17) is 0 Å². The predicted molar refractivity (Wildman–Crippen MR) is 108 cm³/mol. The lowest BCUT2D eigenvalue weighted by atomic mass is 9.43. The van der Waals surface area contributed by atoms with Gasteiger partial charge in [0, 0.05) is 12.3 Å². The average Bonchev–Trinajstić information content (AvgIpc) is 2.99. The van der Waals surface area contributed by atoms with Gasteiger partial charge in [-0.1, -0.05) is 20.8 Å². The van der Waals surface area contributed by atoms with Crippen LogP contribution in [0.15, 0.2) is 0 Å². The van der Waals surface area contributed by atoms with Gasteiger partial charge in [-0.15, -0.1) is 0 Å². The fraction of sp³-hybridized carbons (Fsp3) is 0.958. The minimum atomic E-state index is -2.96. The maximum absolute atomic E-state index is 15.7. The standard InChI is InChI=1S/C24H36F4O3/c1-12(18(20(25)26)21(30)31)15-4-5-16-19-17(7-9-23(15,16)3)22(2)8-6-14(29)10-13(22)11-24(19,27)28/h12-20,29H,4-11H2,1-3H3,(H,30,31)/t12-,13-,14+,15+,16?,17?,18-,19?,22-,23+/m0/s1. The number of rotatable bonds is 4. The van der Waals surface area contributed by atoms with Crippen LogP contribution in [0.2, 0.25) is 0 Å². The maximum Gasteiger partial charge on any atom is 0.312 e. The molecule has 0 aromatic heterocycles. The van der Waals surface area contributed by atoms with E-state index in [1.807, 2.05) is 6.92 Å². The topological polar surface area (TPSA) is 57.5 Å². The van der Waals surface area contributed by atoms with Crippen LogP contribution in [0.25, 0.3) is 0 Å². The van der Waals surface area contributed by atoms with E-state index in [0.717, 1.165) is 6.42 Å². The Balaban J connectivity index is 1.65. The van der Waals surface area contributed by atoms with Crippen LogP contribution in [0.4, 0.5) is 17.6 Å². The summed E-state index contributed by atoms with van der Waals surface area (Å²) in [6, 6.07) is 0. The number of fused-ring (bicyclic) bond motifs is 5. The minimum Gasteiger partial charge on any atom is -0.481 e. The molecule has 4 rings (SSSR count). The molecule has 0 aliphatic heterocycles. The van der Waals surface area contributed by atoms with Crippen molar-refractivity contribution >= 4 is 5.97 Å². The van der Waals surface area contributed by atoms with E-state index < -0.39 is 47.6 Å². The first kappa shape index (κ1) is 23.3. The zero-order valence-electron chi connectivity index (χ0n) is 18.7. The van der Waals surface area contributed by atoms with Gasteiger partial charge >= 0.3 is 5.97 Å². The monoisotopic (exact) mass is 448 g/mol. The molecule has 4 saturated carbocycles. The smallest absolute Gasteiger partial charge is 0.312 e. The van der Waals surface area contributed by atoms with E-state index in [9.17, 15) is 23.8 Å². The van der Waals surface area contributed by atoms with Gasteiger partial charge in [0.1, 0.15) is 5.92 Å². The third-order valence-corrected chi connectivity index (χ3v) is 10.5. The molecule has 0 amide bonds. The van der Waals surface area contributed by atoms with E-state index in [1.54, 1.807) is 6.92 Å². The largest absolute Gasteiger partial charge is 0.481 e. The third-order valence-electron chi connectivity index (χ3n) is 10.5. The fourth-order valence-electron chi connectivity index (χ4n) is 8.85. The number of aliphatic carboxylic acids is 1. The van der Waals surface area contributed by atoms with Crippen LogP contribution in [0.1, 0.15) is 72.1 Å². The number of hydrogen-bond acceptors (Lipinski definition) is 2. The number of hydrogen-bond donors (Lipinski definition) is 2. The molecule has 0 aromatic rings. The Hall–Kier alpha value is -0.850. The zero-order valence-corrected chi connectivity index (χ0v) is 18.7. The van der Waals surface area contributed by atoms with E-state index in [-0.39, 0.29) is 35.5 Å². The molecule has 7 heteroatoms. The van der Waals surface area contributed by atoms with Crippen molar-refractivity contribution in [3.05, 3.63) is 0 Å². The first-order valence-electron chi connectivity index (χ1n) is 11.9. The summed E-state index contributed by atoms with van der Waals surface area (Å²) < 4.78 is 58.4. The third kappa shape index (κ3) is 3.43. The van der Waals surface area contributed by atoms with Gasteiger partial charge in [0.15, 0.2) is 0 Å². The van der Waals surface area contributed by atoms with Crippen molar-refractivity contribution in [2.45, 2.75) is 90.6 Å². The molecule has 0 bridgehead atoms. The van der Waals surface area contributed by atoms with Crippen LogP contribution in [-0.4, -0.2) is 34.6 Å². The maximum atomic E-state index is 15.7. The predicted octanol–water partition coefficient (Wildman–Crippen LogP) is 5.85. The normalized spacial score (nSPS) is 48.4. The van der Waals surface area contributed by atoms with Crippen molar-refractivity contribution in [1.82, 2.24) is 0 Å². The summed E-state index contributed by atoms with van der Waals surface area (Å²) in [7, 11) is 0. The zero-order chi connectivity index (χ0) is 22.9. The number of carbonyl (C=O) groups is 1. The highest BCUT2D eigenvalue weighted by molar-refractivity contribution is 5.70. The van der Waals surface area contributed by atoms with Gasteiger partial charge < -0.3 is 10.2 Å². The highest BCUT2D eigenvalue weighted by Crippen LogP contribution is 2.71. The number of halogens is 4. The molecule has 0 spiro atoms. The summed E-state index contributed by atoms with van der Waals surface area (Å²) in [6.45, 7) is 5.67. The number of carboxylic acid groups (broad SMARTS) is 1. The molecule has 31 heavy (non-hydrogen) atoms. The molecule has 2 N–H and O–H groups in total. The summed E-state index contributed by atoms with van der Waals surface area (Å²) in [5.41, 5.74) is -0.757. The molecule has 0 radical (unpaired) electrons. The van der Waals surface area contributed by atoms with Crippen molar-refractivity contribution in [3.8, 4) is 0 Å². The summed E-state index contributed by atoms with van der Waals surface area (Å²) in [4.78, 5) is 11.5. The molecule has 178 valence electrons. The summed E-state index contributed by atoms with van der Waals surface area (Å²) >= 11 is 0. The molecule has 0 saturated heterocycles. The molecule has 0 aromatic carbocycles. The highest BCUT2D eigenvalue weighted by atomic mass is 19.3. The van der Waals surface area contributed by atoms with Gasteiger partial charge in [-0.3, -0.25) is 4.79 Å². The summed E-state index contributed by atoms with van der Waals surface area (Å²) in [5.74, 6) is -8.52. The second-order valence-electron chi connectivity index (χ2n) is 11.6. The summed E-state index contributed by atoms with van der Waals surface area (Å²) in [5, 5.41) is 19.5. The molecule has 0 heterocycles. The Labute approximate surface area is 182 Å². The first-order valence-corrected chi connectivity index (χ1v) is 11.9. The Morgan fingerprint density at radius 2 is 1.61 bits per heavy atom. The van der Waals surface area contributed by atoms with Crippen LogP contribution < -0.4 is 0 Å². The molecule has 4 fully saturated rings. The Morgan fingerprint density at radius 1 is 1.00 bits per heavy atom. The minimum absolute atomic E-state index is 0.133. The van der Waals surface area contributed by atoms with Crippen molar-refractivity contribution in [2.75, 3.05) is 0 Å². The Kier molecular flexibility index (Phi) is 5.71. The quantitative estimate of drug-likeness (QED) is 0.530. The van der Waals surface area contributed by atoms with Crippen LogP contribution >= 0.6 is 0 Å². The van der Waals surface area contributed by atoms with Crippen molar-refractivity contribution in [1.29, 1.82) is 0 Å². The average molecular weight is 449 g/mol. The van der Waals surface area contributed by atoms with E-state index >= 15 is 8.78 Å². The Bertz CT molecular complexity index is 715. The van der Waals surface area contributed by atoms with Gasteiger partial charge in [0.25, 0.3) is 12.3 Å². The lowest BCUT2D eigenvalue weighted by Crippen LogP contribution is -2.61. The van der Waals surface area contributed by atoms with Crippen molar-refractivity contribution < 1.29 is 32.6 Å². The van der Waals surface area contributed by atoms with E-state index in [0.29, 0.717) is 38.5 Å². The molecule has 10 atom stereocenters. The number of aliphatic hydroxyl groups excluding tert-OH is 1. The summed E-state index contributed by atoms with van der Waals surface area (Å²) in [6.07, 6.45) is 0.585. The Morgan fingerprint density at radius 3 is 2.23 bits per heavy atom. The van der Waals surface area contributed by atoms with Gasteiger partial charge in [-0.25, -0.2) is 17.6 Å². The van der Waals surface area contributed by atoms with Crippen LogP contribution in [-0.2, 0) is 4.79 Å². The molecular weight excluding hydrogens is 412 g/mol. The van der Waals surface area contributed by atoms with Crippen LogP contribution in [0.3, 0.4) is 0 Å². The molecule has 3 unspecified atom stereocenters. The highest BCUT2D eigenvalue weighted by Gasteiger charge is 2.68. The fourth-order valence-corrected chi connectivity index (χ4v) is 8.85. The number of aliphatic hydroxyl groups is 1. The molecule has 3 nitrogen and oxygen atoms in total. The van der Waals surface area contributed by atoms with Crippen LogP contribution in [0.5, 0.6) is 0 Å².